The smallest absolute Gasteiger partial charge is 0.313 e. The van der Waals surface area contributed by atoms with Crippen molar-refractivity contribution in [3.05, 3.63) is 28.8 Å². The molecule has 7 nitrogen and oxygen atoms in total. The molecule has 1 heterocycles. The Morgan fingerprint density at radius 1 is 1.58 bits per heavy atom. The number of hydrogen-bond acceptors (Lipinski definition) is 6. The first-order valence-corrected chi connectivity index (χ1v) is 6.31. The molecule has 96 valence electrons. The normalized spacial score (nSPS) is 10.1. The zero-order valence-corrected chi connectivity index (χ0v) is 10.9. The minimum atomic E-state index is -0.967. The highest BCUT2D eigenvalue weighted by Gasteiger charge is 2.13. The summed E-state index contributed by atoms with van der Waals surface area (Å²) in [7, 11) is 0. The number of halogens is 1. The predicted octanol–water partition coefficient (Wildman–Crippen LogP) is 1.36. The third kappa shape index (κ3) is 3.01. The maximum atomic E-state index is 10.5. The number of nitrogens with zero attached hydrogens (tertiary/aromatic N) is 5. The van der Waals surface area contributed by atoms with Crippen LogP contribution in [0, 0.1) is 11.3 Å². The van der Waals surface area contributed by atoms with Gasteiger partial charge in [0.1, 0.15) is 0 Å². The Morgan fingerprint density at radius 3 is 3.00 bits per heavy atom. The molecule has 0 saturated heterocycles. The number of tetrazole rings is 1. The van der Waals surface area contributed by atoms with Crippen LogP contribution in [-0.2, 0) is 4.79 Å². The van der Waals surface area contributed by atoms with E-state index in [2.05, 4.69) is 15.5 Å². The van der Waals surface area contributed by atoms with Gasteiger partial charge in [-0.25, -0.2) is 0 Å². The maximum Gasteiger partial charge on any atom is 0.313 e. The van der Waals surface area contributed by atoms with E-state index in [-0.39, 0.29) is 5.75 Å². The van der Waals surface area contributed by atoms with E-state index < -0.39 is 5.97 Å². The van der Waals surface area contributed by atoms with Gasteiger partial charge in [-0.15, -0.1) is 5.10 Å². The van der Waals surface area contributed by atoms with Crippen LogP contribution < -0.4 is 0 Å². The van der Waals surface area contributed by atoms with Gasteiger partial charge in [0.15, 0.2) is 0 Å². The van der Waals surface area contributed by atoms with Crippen molar-refractivity contribution in [1.82, 2.24) is 20.2 Å². The molecule has 0 radical (unpaired) electrons. The Balaban J connectivity index is 2.35. The van der Waals surface area contributed by atoms with Crippen molar-refractivity contribution in [2.24, 2.45) is 0 Å². The van der Waals surface area contributed by atoms with Crippen LogP contribution in [0.2, 0.25) is 5.02 Å². The molecule has 1 aromatic carbocycles. The molecule has 0 fully saturated rings. The van der Waals surface area contributed by atoms with Crippen LogP contribution in [0.25, 0.3) is 5.69 Å². The third-order valence-corrected chi connectivity index (χ3v) is 3.28. The van der Waals surface area contributed by atoms with Crippen LogP contribution in [-0.4, -0.2) is 37.0 Å². The number of hydrogen-bond donors (Lipinski definition) is 1. The summed E-state index contributed by atoms with van der Waals surface area (Å²) in [5.74, 6) is -1.13. The van der Waals surface area contributed by atoms with Crippen molar-refractivity contribution in [2.45, 2.75) is 5.16 Å². The molecule has 2 rings (SSSR count). The molecular formula is C10H6ClN5O2S. The SMILES string of the molecule is N#Cc1ccc(-n2nnnc2SCC(=O)O)c(Cl)c1. The van der Waals surface area contributed by atoms with E-state index in [0.29, 0.717) is 21.4 Å². The minimum absolute atomic E-state index is 0.158. The Hall–Kier alpha value is -2.11. The molecule has 0 atom stereocenters. The van der Waals surface area contributed by atoms with Gasteiger partial charge in [-0.1, -0.05) is 23.4 Å². The number of rotatable bonds is 4. The fourth-order valence-electron chi connectivity index (χ4n) is 1.29. The van der Waals surface area contributed by atoms with Gasteiger partial charge in [0.25, 0.3) is 0 Å². The number of carboxylic acids is 1. The van der Waals surface area contributed by atoms with Gasteiger partial charge in [-0.3, -0.25) is 4.79 Å². The molecule has 19 heavy (non-hydrogen) atoms. The molecule has 0 aliphatic heterocycles. The molecule has 2 aromatic rings. The summed E-state index contributed by atoms with van der Waals surface area (Å²) in [6.45, 7) is 0. The molecule has 1 aromatic heterocycles. The van der Waals surface area contributed by atoms with E-state index in [9.17, 15) is 4.79 Å². The van der Waals surface area contributed by atoms with Gasteiger partial charge < -0.3 is 5.11 Å². The number of nitriles is 1. The van der Waals surface area contributed by atoms with Gasteiger partial charge in [-0.05, 0) is 28.6 Å². The standard InChI is InChI=1S/C10H6ClN5O2S/c11-7-3-6(4-12)1-2-8(7)16-10(13-14-15-16)19-5-9(17)18/h1-3H,5H2,(H,17,18). The minimum Gasteiger partial charge on any atom is -0.481 e. The number of carboxylic acid groups (broad SMARTS) is 1. The van der Waals surface area contributed by atoms with E-state index in [1.165, 1.54) is 10.7 Å². The average Bonchev–Trinajstić information content (AvgIpc) is 2.84. The van der Waals surface area contributed by atoms with Crippen molar-refractivity contribution in [3.63, 3.8) is 0 Å². The molecule has 0 aliphatic carbocycles. The summed E-state index contributed by atoms with van der Waals surface area (Å²) in [5.41, 5.74) is 0.903. The lowest BCUT2D eigenvalue weighted by Gasteiger charge is -2.05. The molecule has 0 saturated carbocycles. The van der Waals surface area contributed by atoms with Gasteiger partial charge in [0, 0.05) is 0 Å². The summed E-state index contributed by atoms with van der Waals surface area (Å²) in [4.78, 5) is 10.5. The van der Waals surface area contributed by atoms with Gasteiger partial charge in [-0.2, -0.15) is 9.94 Å². The van der Waals surface area contributed by atoms with Crippen molar-refractivity contribution in [1.29, 1.82) is 5.26 Å². The molecular weight excluding hydrogens is 290 g/mol. The lowest BCUT2D eigenvalue weighted by molar-refractivity contribution is -0.133. The summed E-state index contributed by atoms with van der Waals surface area (Å²) < 4.78 is 1.33. The zero-order chi connectivity index (χ0) is 13.8. The molecule has 0 aliphatic rings. The Labute approximate surface area is 116 Å². The molecule has 0 spiro atoms. The van der Waals surface area contributed by atoms with Crippen LogP contribution in [0.4, 0.5) is 0 Å². The predicted molar refractivity (Wildman–Crippen MR) is 67.2 cm³/mol. The number of carbonyl (C=O) groups is 1. The Kier molecular flexibility index (Phi) is 3.99. The second-order valence-electron chi connectivity index (χ2n) is 3.33. The molecule has 1 N–H and O–H groups in total. The summed E-state index contributed by atoms with van der Waals surface area (Å²) in [6, 6.07) is 6.63. The van der Waals surface area contributed by atoms with Crippen LogP contribution >= 0.6 is 23.4 Å². The number of benzene rings is 1. The highest BCUT2D eigenvalue weighted by molar-refractivity contribution is 7.99. The van der Waals surface area contributed by atoms with E-state index in [1.54, 1.807) is 12.1 Å². The van der Waals surface area contributed by atoms with Crippen molar-refractivity contribution in [2.75, 3.05) is 5.75 Å². The summed E-state index contributed by atoms with van der Waals surface area (Å²) >= 11 is 7.02. The van der Waals surface area contributed by atoms with E-state index in [1.807, 2.05) is 6.07 Å². The fourth-order valence-corrected chi connectivity index (χ4v) is 2.16. The number of thioether (sulfide) groups is 1. The molecule has 0 amide bonds. The maximum absolute atomic E-state index is 10.5. The summed E-state index contributed by atoms with van der Waals surface area (Å²) in [6.07, 6.45) is 0. The third-order valence-electron chi connectivity index (χ3n) is 2.07. The van der Waals surface area contributed by atoms with E-state index in [0.717, 1.165) is 11.8 Å². The average molecular weight is 296 g/mol. The first-order valence-electron chi connectivity index (χ1n) is 4.95. The van der Waals surface area contributed by atoms with Crippen molar-refractivity contribution >= 4 is 29.3 Å². The Bertz CT molecular complexity index is 666. The molecule has 0 unspecified atom stereocenters. The largest absolute Gasteiger partial charge is 0.481 e. The second-order valence-corrected chi connectivity index (χ2v) is 4.68. The highest BCUT2D eigenvalue weighted by Crippen LogP contribution is 2.24. The van der Waals surface area contributed by atoms with Gasteiger partial charge >= 0.3 is 5.97 Å². The first-order chi connectivity index (χ1) is 9.11. The monoisotopic (exact) mass is 295 g/mol. The second kappa shape index (κ2) is 5.69. The van der Waals surface area contributed by atoms with Crippen LogP contribution in [0.5, 0.6) is 0 Å². The molecule has 9 heteroatoms. The van der Waals surface area contributed by atoms with Crippen LogP contribution in [0.3, 0.4) is 0 Å². The first kappa shape index (κ1) is 13.3. The van der Waals surface area contributed by atoms with E-state index >= 15 is 0 Å². The number of aliphatic carboxylic acids is 1. The summed E-state index contributed by atoms with van der Waals surface area (Å²) in [5, 5.41) is 29.0. The number of aromatic nitrogens is 4. The fraction of sp³-hybridized carbons (Fsp3) is 0.100. The molecule has 0 bridgehead atoms. The van der Waals surface area contributed by atoms with Crippen LogP contribution in [0.15, 0.2) is 23.4 Å². The Morgan fingerprint density at radius 2 is 2.37 bits per heavy atom. The van der Waals surface area contributed by atoms with E-state index in [4.69, 9.17) is 22.0 Å². The lowest BCUT2D eigenvalue weighted by atomic mass is 10.2. The quantitative estimate of drug-likeness (QED) is 0.849. The van der Waals surface area contributed by atoms with Crippen LogP contribution in [0.1, 0.15) is 5.56 Å². The van der Waals surface area contributed by atoms with Gasteiger partial charge in [0.05, 0.1) is 28.1 Å². The topological polar surface area (TPSA) is 105 Å². The van der Waals surface area contributed by atoms with Gasteiger partial charge in [0.2, 0.25) is 5.16 Å². The highest BCUT2D eigenvalue weighted by atomic mass is 35.5. The zero-order valence-electron chi connectivity index (χ0n) is 9.32. The van der Waals surface area contributed by atoms with Crippen molar-refractivity contribution < 1.29 is 9.90 Å². The van der Waals surface area contributed by atoms with Crippen molar-refractivity contribution in [3.8, 4) is 11.8 Å². The lowest BCUT2D eigenvalue weighted by Crippen LogP contribution is -2.03.